The van der Waals surface area contributed by atoms with E-state index in [1.165, 1.54) is 30.3 Å². The molecule has 120 valence electrons. The van der Waals surface area contributed by atoms with Crippen LogP contribution in [0.3, 0.4) is 0 Å². The van der Waals surface area contributed by atoms with E-state index in [0.717, 1.165) is 6.07 Å². The van der Waals surface area contributed by atoms with Crippen LogP contribution in [0.2, 0.25) is 0 Å². The molecule has 7 heteroatoms. The first-order valence-corrected chi connectivity index (χ1v) is 8.41. The third-order valence-electron chi connectivity index (χ3n) is 4.16. The van der Waals surface area contributed by atoms with Crippen molar-refractivity contribution in [3.63, 3.8) is 0 Å². The first-order chi connectivity index (χ1) is 10.8. The molecule has 0 radical (unpaired) electrons. The van der Waals surface area contributed by atoms with Crippen LogP contribution in [0.5, 0.6) is 0 Å². The van der Waals surface area contributed by atoms with Crippen molar-refractivity contribution in [3.8, 4) is 0 Å². The Kier molecular flexibility index (Phi) is 3.50. The van der Waals surface area contributed by atoms with Crippen molar-refractivity contribution >= 4 is 15.8 Å². The summed E-state index contributed by atoms with van der Waals surface area (Å²) in [4.78, 5) is 11.6. The van der Waals surface area contributed by atoms with Crippen LogP contribution in [-0.2, 0) is 14.6 Å². The van der Waals surface area contributed by atoms with Crippen molar-refractivity contribution in [1.82, 2.24) is 0 Å². The van der Waals surface area contributed by atoms with Crippen LogP contribution in [-0.4, -0.2) is 30.3 Å². The van der Waals surface area contributed by atoms with Gasteiger partial charge in [-0.05, 0) is 29.8 Å². The predicted molar refractivity (Wildman–Crippen MR) is 81.1 cm³/mol. The lowest BCUT2D eigenvalue weighted by Gasteiger charge is -2.06. The molecule has 1 aliphatic carbocycles. The number of hydrogen-bond acceptors (Lipinski definition) is 4. The summed E-state index contributed by atoms with van der Waals surface area (Å²) in [7, 11) is -3.96. The molecule has 0 aromatic heterocycles. The second-order valence-electron chi connectivity index (χ2n) is 5.55. The first kappa shape index (κ1) is 15.6. The average molecular weight is 335 g/mol. The summed E-state index contributed by atoms with van der Waals surface area (Å²) in [6, 6.07) is 12.7. The molecule has 0 heterocycles. The number of carboxylic acid groups (broad SMARTS) is 1. The summed E-state index contributed by atoms with van der Waals surface area (Å²) in [5.74, 6) is -2.99. The molecule has 1 fully saturated rings. The van der Waals surface area contributed by atoms with Crippen LogP contribution in [0, 0.1) is 5.82 Å². The lowest BCUT2D eigenvalue weighted by molar-refractivity contribution is -0.139. The molecule has 3 N–H and O–H groups in total. The van der Waals surface area contributed by atoms with E-state index in [-0.39, 0.29) is 10.5 Å². The standard InChI is InChI=1S/C16H14FNO4S/c17-11-6-4-5-10(9-11)13-14(16(13,18)15(19)20)23(21,22)12-7-2-1-3-8-12/h1-9,13-14H,18H2,(H,19,20)/t13-,14-,16+/m0/s1. The van der Waals surface area contributed by atoms with Crippen molar-refractivity contribution in [2.24, 2.45) is 5.73 Å². The van der Waals surface area contributed by atoms with Crippen LogP contribution >= 0.6 is 0 Å². The number of carbonyl (C=O) groups is 1. The zero-order valence-corrected chi connectivity index (χ0v) is 12.7. The van der Waals surface area contributed by atoms with Crippen LogP contribution in [0.1, 0.15) is 11.5 Å². The maximum absolute atomic E-state index is 13.4. The Hall–Kier alpha value is -2.25. The molecule has 0 spiro atoms. The van der Waals surface area contributed by atoms with Crippen LogP contribution in [0.4, 0.5) is 4.39 Å². The third-order valence-corrected chi connectivity index (χ3v) is 6.42. The molecule has 3 rings (SSSR count). The van der Waals surface area contributed by atoms with Gasteiger partial charge in [-0.3, -0.25) is 4.79 Å². The van der Waals surface area contributed by atoms with Gasteiger partial charge in [-0.1, -0.05) is 30.3 Å². The highest BCUT2D eigenvalue weighted by Gasteiger charge is 2.74. The van der Waals surface area contributed by atoms with Crippen LogP contribution in [0.15, 0.2) is 59.5 Å². The quantitative estimate of drug-likeness (QED) is 0.883. The van der Waals surface area contributed by atoms with Gasteiger partial charge in [-0.2, -0.15) is 0 Å². The Morgan fingerprint density at radius 2 is 1.78 bits per heavy atom. The normalized spacial score (nSPS) is 26.7. The van der Waals surface area contributed by atoms with Crippen molar-refractivity contribution < 1.29 is 22.7 Å². The van der Waals surface area contributed by atoms with E-state index in [1.54, 1.807) is 18.2 Å². The largest absolute Gasteiger partial charge is 0.480 e. The third kappa shape index (κ3) is 2.32. The van der Waals surface area contributed by atoms with E-state index in [9.17, 15) is 22.7 Å². The molecule has 0 saturated heterocycles. The minimum absolute atomic E-state index is 0.0000203. The van der Waals surface area contributed by atoms with Gasteiger partial charge in [0, 0.05) is 5.92 Å². The highest BCUT2D eigenvalue weighted by molar-refractivity contribution is 7.92. The second-order valence-corrected chi connectivity index (χ2v) is 7.62. The molecular formula is C16H14FNO4S. The van der Waals surface area contributed by atoms with E-state index in [1.807, 2.05) is 0 Å². The summed E-state index contributed by atoms with van der Waals surface area (Å²) < 4.78 is 38.9. The number of halogens is 1. The van der Waals surface area contributed by atoms with E-state index in [2.05, 4.69) is 0 Å². The monoisotopic (exact) mass is 335 g/mol. The summed E-state index contributed by atoms with van der Waals surface area (Å²) in [6.07, 6.45) is 0. The van der Waals surface area contributed by atoms with Crippen LogP contribution in [0.25, 0.3) is 0 Å². The maximum atomic E-state index is 13.4. The van der Waals surface area contributed by atoms with Gasteiger partial charge in [0.2, 0.25) is 0 Å². The van der Waals surface area contributed by atoms with Gasteiger partial charge >= 0.3 is 5.97 Å². The summed E-state index contributed by atoms with van der Waals surface area (Å²) in [6.45, 7) is 0. The molecule has 1 saturated carbocycles. The number of carboxylic acids is 1. The molecule has 2 aromatic rings. The maximum Gasteiger partial charge on any atom is 0.325 e. The second kappa shape index (κ2) is 5.14. The van der Waals surface area contributed by atoms with Gasteiger partial charge in [0.15, 0.2) is 9.84 Å². The summed E-state index contributed by atoms with van der Waals surface area (Å²) in [5, 5.41) is 8.07. The van der Waals surface area contributed by atoms with E-state index in [0.29, 0.717) is 0 Å². The molecule has 0 amide bonds. The lowest BCUT2D eigenvalue weighted by Crippen LogP contribution is -2.39. The van der Waals surface area contributed by atoms with Crippen molar-refractivity contribution in [2.45, 2.75) is 21.6 Å². The SMILES string of the molecule is N[C@]1(C(=O)O)[C@@H](c2cccc(F)c2)[C@@H]1S(=O)(=O)c1ccccc1. The van der Waals surface area contributed by atoms with Gasteiger partial charge in [0.05, 0.1) is 4.90 Å². The number of rotatable bonds is 4. The molecule has 1 aliphatic rings. The van der Waals surface area contributed by atoms with Crippen molar-refractivity contribution in [3.05, 3.63) is 66.0 Å². The number of nitrogens with two attached hydrogens (primary N) is 1. The predicted octanol–water partition coefficient (Wildman–Crippen LogP) is 1.55. The Labute approximate surface area is 132 Å². The van der Waals surface area contributed by atoms with Gasteiger partial charge in [-0.25, -0.2) is 12.8 Å². The number of sulfone groups is 1. The highest BCUT2D eigenvalue weighted by atomic mass is 32.2. The molecule has 0 unspecified atom stereocenters. The lowest BCUT2D eigenvalue weighted by atomic mass is 10.1. The molecule has 0 aliphatic heterocycles. The van der Waals surface area contributed by atoms with E-state index in [4.69, 9.17) is 5.73 Å². The van der Waals surface area contributed by atoms with Gasteiger partial charge in [-0.15, -0.1) is 0 Å². The van der Waals surface area contributed by atoms with Gasteiger partial charge in [0.25, 0.3) is 0 Å². The number of hydrogen-bond donors (Lipinski definition) is 2. The molecule has 23 heavy (non-hydrogen) atoms. The average Bonchev–Trinajstić information content (AvgIpc) is 3.17. The highest BCUT2D eigenvalue weighted by Crippen LogP contribution is 2.55. The van der Waals surface area contributed by atoms with Crippen molar-refractivity contribution in [2.75, 3.05) is 0 Å². The zero-order chi connectivity index (χ0) is 16.8. The zero-order valence-electron chi connectivity index (χ0n) is 11.9. The van der Waals surface area contributed by atoms with E-state index < -0.39 is 38.3 Å². The van der Waals surface area contributed by atoms with Gasteiger partial charge < -0.3 is 10.8 Å². The molecule has 3 atom stereocenters. The van der Waals surface area contributed by atoms with Gasteiger partial charge in [0.1, 0.15) is 16.6 Å². The molecular weight excluding hydrogens is 321 g/mol. The summed E-state index contributed by atoms with van der Waals surface area (Å²) >= 11 is 0. The minimum atomic E-state index is -3.96. The Morgan fingerprint density at radius 1 is 1.13 bits per heavy atom. The Balaban J connectivity index is 2.09. The summed E-state index contributed by atoms with van der Waals surface area (Å²) in [5.41, 5.74) is 4.18. The fourth-order valence-electron chi connectivity index (χ4n) is 2.97. The molecule has 0 bridgehead atoms. The number of benzene rings is 2. The van der Waals surface area contributed by atoms with Crippen molar-refractivity contribution in [1.29, 1.82) is 0 Å². The fourth-order valence-corrected chi connectivity index (χ4v) is 5.22. The molecule has 5 nitrogen and oxygen atoms in total. The molecule has 2 aromatic carbocycles. The fraction of sp³-hybridized carbons (Fsp3) is 0.188. The Bertz CT molecular complexity index is 869. The van der Waals surface area contributed by atoms with Crippen LogP contribution < -0.4 is 5.73 Å². The topological polar surface area (TPSA) is 97.5 Å². The Morgan fingerprint density at radius 3 is 2.35 bits per heavy atom. The number of aliphatic carboxylic acids is 1. The minimum Gasteiger partial charge on any atom is -0.480 e. The first-order valence-electron chi connectivity index (χ1n) is 6.86. The van der Waals surface area contributed by atoms with E-state index >= 15 is 0 Å². The smallest absolute Gasteiger partial charge is 0.325 e.